The van der Waals surface area contributed by atoms with E-state index in [0.717, 1.165) is 4.47 Å². The number of hydrogen-bond donors (Lipinski definition) is 2. The van der Waals surface area contributed by atoms with Crippen molar-refractivity contribution in [3.05, 3.63) is 34.1 Å². The molecule has 0 aliphatic heterocycles. The van der Waals surface area contributed by atoms with Gasteiger partial charge < -0.3 is 11.5 Å². The fourth-order valence-corrected chi connectivity index (χ4v) is 1.47. The summed E-state index contributed by atoms with van der Waals surface area (Å²) in [5.41, 5.74) is 11.7. The molecule has 1 aromatic carbocycles. The first-order chi connectivity index (χ1) is 5.65. The van der Waals surface area contributed by atoms with Gasteiger partial charge in [-0.1, -0.05) is 15.9 Å². The summed E-state index contributed by atoms with van der Waals surface area (Å²) in [5, 5.41) is 0. The Balaban J connectivity index is 3.04. The third-order valence-electron chi connectivity index (χ3n) is 1.61. The Morgan fingerprint density at radius 2 is 2.17 bits per heavy atom. The summed E-state index contributed by atoms with van der Waals surface area (Å²) in [5.74, 6) is -0.294. The number of benzene rings is 1. The van der Waals surface area contributed by atoms with Gasteiger partial charge in [0, 0.05) is 17.1 Å². The summed E-state index contributed by atoms with van der Waals surface area (Å²) in [6, 6.07) is 4.08. The van der Waals surface area contributed by atoms with Crippen LogP contribution in [0.3, 0.4) is 0 Å². The molecule has 1 aromatic rings. The van der Waals surface area contributed by atoms with Crippen molar-refractivity contribution in [2.24, 2.45) is 11.5 Å². The van der Waals surface area contributed by atoms with Crippen LogP contribution in [0.2, 0.25) is 0 Å². The third kappa shape index (κ3) is 2.03. The largest absolute Gasteiger partial charge is 0.329 e. The number of rotatable bonds is 2. The molecule has 0 heterocycles. The maximum absolute atomic E-state index is 12.7. The molecule has 0 saturated heterocycles. The minimum atomic E-state index is -0.310. The molecule has 66 valence electrons. The first-order valence-corrected chi connectivity index (χ1v) is 4.35. The Morgan fingerprint density at radius 1 is 1.50 bits per heavy atom. The number of nitrogens with two attached hydrogens (primary N) is 2. The Labute approximate surface area is 78.9 Å². The minimum Gasteiger partial charge on any atom is -0.329 e. The molecule has 0 aliphatic rings. The predicted octanol–water partition coefficient (Wildman–Crippen LogP) is 1.55. The molecule has 0 spiro atoms. The van der Waals surface area contributed by atoms with E-state index in [1.165, 1.54) is 12.1 Å². The van der Waals surface area contributed by atoms with Gasteiger partial charge in [0.15, 0.2) is 0 Å². The standard InChI is InChI=1S/C8H10BrFN2/c9-7-2-1-5(10)3-6(7)8(12)4-11/h1-3,8H,4,11-12H2/t8-/m0/s1. The average Bonchev–Trinajstić information content (AvgIpc) is 2.08. The Bertz CT molecular complexity index is 278. The lowest BCUT2D eigenvalue weighted by Gasteiger charge is -2.10. The molecule has 0 saturated carbocycles. The van der Waals surface area contributed by atoms with Crippen molar-refractivity contribution in [1.82, 2.24) is 0 Å². The van der Waals surface area contributed by atoms with E-state index in [2.05, 4.69) is 15.9 Å². The van der Waals surface area contributed by atoms with Crippen LogP contribution < -0.4 is 11.5 Å². The van der Waals surface area contributed by atoms with E-state index in [1.54, 1.807) is 6.07 Å². The lowest BCUT2D eigenvalue weighted by Crippen LogP contribution is -2.21. The molecule has 1 rings (SSSR count). The summed E-state index contributed by atoms with van der Waals surface area (Å²) in [7, 11) is 0. The van der Waals surface area contributed by atoms with Crippen LogP contribution in [0.5, 0.6) is 0 Å². The maximum atomic E-state index is 12.7. The fraction of sp³-hybridized carbons (Fsp3) is 0.250. The highest BCUT2D eigenvalue weighted by Gasteiger charge is 2.08. The highest BCUT2D eigenvalue weighted by Crippen LogP contribution is 2.22. The first kappa shape index (κ1) is 9.64. The molecule has 1 atom stereocenters. The Morgan fingerprint density at radius 3 is 2.75 bits per heavy atom. The molecule has 12 heavy (non-hydrogen) atoms. The number of hydrogen-bond acceptors (Lipinski definition) is 2. The van der Waals surface area contributed by atoms with Crippen LogP contribution in [0.15, 0.2) is 22.7 Å². The second-order valence-corrected chi connectivity index (χ2v) is 3.36. The van der Waals surface area contributed by atoms with Gasteiger partial charge in [-0.05, 0) is 23.8 Å². The van der Waals surface area contributed by atoms with Crippen LogP contribution in [0.25, 0.3) is 0 Å². The van der Waals surface area contributed by atoms with Crippen LogP contribution >= 0.6 is 15.9 Å². The zero-order valence-corrected chi connectivity index (χ0v) is 8.01. The Hall–Kier alpha value is -0.450. The second-order valence-electron chi connectivity index (χ2n) is 2.51. The lowest BCUT2D eigenvalue weighted by molar-refractivity contribution is 0.619. The Kier molecular flexibility index (Phi) is 3.20. The average molecular weight is 233 g/mol. The predicted molar refractivity (Wildman–Crippen MR) is 50.1 cm³/mol. The van der Waals surface area contributed by atoms with Crippen LogP contribution in [0.1, 0.15) is 11.6 Å². The molecule has 0 amide bonds. The summed E-state index contributed by atoms with van der Waals surface area (Å²) in [4.78, 5) is 0. The van der Waals surface area contributed by atoms with Crippen molar-refractivity contribution in [1.29, 1.82) is 0 Å². The van der Waals surface area contributed by atoms with Crippen LogP contribution in [0, 0.1) is 5.82 Å². The molecule has 0 aromatic heterocycles. The highest BCUT2D eigenvalue weighted by atomic mass is 79.9. The topological polar surface area (TPSA) is 52.0 Å². The van der Waals surface area contributed by atoms with Gasteiger partial charge in [0.05, 0.1) is 0 Å². The van der Waals surface area contributed by atoms with E-state index in [1.807, 2.05) is 0 Å². The lowest BCUT2D eigenvalue weighted by atomic mass is 10.1. The molecule has 0 bridgehead atoms. The summed E-state index contributed by atoms with van der Waals surface area (Å²) in [6.07, 6.45) is 0. The molecular weight excluding hydrogens is 223 g/mol. The fourth-order valence-electron chi connectivity index (χ4n) is 0.926. The molecule has 4 heteroatoms. The highest BCUT2D eigenvalue weighted by molar-refractivity contribution is 9.10. The monoisotopic (exact) mass is 232 g/mol. The van der Waals surface area contributed by atoms with Crippen molar-refractivity contribution in [2.75, 3.05) is 6.54 Å². The normalized spacial score (nSPS) is 13.0. The molecule has 2 nitrogen and oxygen atoms in total. The third-order valence-corrected chi connectivity index (χ3v) is 2.33. The van der Waals surface area contributed by atoms with E-state index in [-0.39, 0.29) is 11.9 Å². The van der Waals surface area contributed by atoms with Crippen molar-refractivity contribution in [3.63, 3.8) is 0 Å². The van der Waals surface area contributed by atoms with Gasteiger partial charge in [-0.3, -0.25) is 0 Å². The summed E-state index contributed by atoms with van der Waals surface area (Å²) in [6.45, 7) is 0.308. The van der Waals surface area contributed by atoms with Gasteiger partial charge in [0.1, 0.15) is 5.82 Å². The van der Waals surface area contributed by atoms with Crippen molar-refractivity contribution < 1.29 is 4.39 Å². The SMILES string of the molecule is NC[C@H](N)c1cc(F)ccc1Br. The zero-order chi connectivity index (χ0) is 9.14. The molecule has 4 N–H and O–H groups in total. The van der Waals surface area contributed by atoms with Crippen LogP contribution in [-0.2, 0) is 0 Å². The number of halogens is 2. The second kappa shape index (κ2) is 3.98. The minimum absolute atomic E-state index is 0.294. The molecule has 0 radical (unpaired) electrons. The van der Waals surface area contributed by atoms with Gasteiger partial charge in [0.25, 0.3) is 0 Å². The van der Waals surface area contributed by atoms with Crippen molar-refractivity contribution in [3.8, 4) is 0 Å². The summed E-state index contributed by atoms with van der Waals surface area (Å²) < 4.78 is 13.5. The molecule has 0 fully saturated rings. The van der Waals surface area contributed by atoms with E-state index < -0.39 is 0 Å². The zero-order valence-electron chi connectivity index (χ0n) is 6.43. The quantitative estimate of drug-likeness (QED) is 0.814. The van der Waals surface area contributed by atoms with Gasteiger partial charge in [-0.15, -0.1) is 0 Å². The van der Waals surface area contributed by atoms with E-state index in [9.17, 15) is 4.39 Å². The molecular formula is C8H10BrFN2. The molecule has 0 aliphatic carbocycles. The van der Waals surface area contributed by atoms with Crippen molar-refractivity contribution in [2.45, 2.75) is 6.04 Å². The maximum Gasteiger partial charge on any atom is 0.123 e. The summed E-state index contributed by atoms with van der Waals surface area (Å²) >= 11 is 3.27. The molecule has 0 unspecified atom stereocenters. The van der Waals surface area contributed by atoms with Gasteiger partial charge >= 0.3 is 0 Å². The van der Waals surface area contributed by atoms with E-state index >= 15 is 0 Å². The van der Waals surface area contributed by atoms with Gasteiger partial charge in [-0.2, -0.15) is 0 Å². The first-order valence-electron chi connectivity index (χ1n) is 3.55. The van der Waals surface area contributed by atoms with Crippen LogP contribution in [0.4, 0.5) is 4.39 Å². The van der Waals surface area contributed by atoms with Gasteiger partial charge in [-0.25, -0.2) is 4.39 Å². The van der Waals surface area contributed by atoms with Crippen LogP contribution in [-0.4, -0.2) is 6.54 Å². The van der Waals surface area contributed by atoms with Gasteiger partial charge in [0.2, 0.25) is 0 Å². The van der Waals surface area contributed by atoms with E-state index in [4.69, 9.17) is 11.5 Å². The van der Waals surface area contributed by atoms with Crippen molar-refractivity contribution >= 4 is 15.9 Å². The van der Waals surface area contributed by atoms with E-state index in [0.29, 0.717) is 12.1 Å². The smallest absolute Gasteiger partial charge is 0.123 e.